The monoisotopic (exact) mass is 483 g/mol. The van der Waals surface area contributed by atoms with Gasteiger partial charge in [-0.2, -0.15) is 0 Å². The number of fused-ring (bicyclic) bond motifs is 3. The number of carbonyl (C=O) groups is 2. The van der Waals surface area contributed by atoms with Crippen LogP contribution in [-0.2, 0) is 15.9 Å². The fourth-order valence-electron chi connectivity index (χ4n) is 5.09. The number of rotatable bonds is 7. The summed E-state index contributed by atoms with van der Waals surface area (Å²) in [4.78, 5) is 41.6. The zero-order chi connectivity index (χ0) is 25.3. The molecule has 1 aromatic heterocycles. The van der Waals surface area contributed by atoms with Gasteiger partial charge in [0.15, 0.2) is 5.43 Å². The summed E-state index contributed by atoms with van der Waals surface area (Å²) < 4.78 is 12.2. The van der Waals surface area contributed by atoms with Gasteiger partial charge in [0.1, 0.15) is 5.56 Å². The van der Waals surface area contributed by atoms with Crippen molar-refractivity contribution in [2.24, 2.45) is 5.92 Å². The highest BCUT2D eigenvalue weighted by Gasteiger charge is 2.31. The first-order chi connectivity index (χ1) is 16.7. The Morgan fingerprint density at radius 2 is 1.80 bits per heavy atom. The topological polar surface area (TPSA) is 101 Å². The van der Waals surface area contributed by atoms with Gasteiger partial charge in [-0.25, -0.2) is 9.59 Å². The molecule has 0 bridgehead atoms. The number of ether oxygens (including phenoxy) is 2. The van der Waals surface area contributed by atoms with Gasteiger partial charge in [-0.05, 0) is 30.0 Å². The van der Waals surface area contributed by atoms with Crippen LogP contribution in [0.25, 0.3) is 11.3 Å². The number of aromatic carboxylic acids is 1. The van der Waals surface area contributed by atoms with Gasteiger partial charge in [0.25, 0.3) is 0 Å². The van der Waals surface area contributed by atoms with Crippen molar-refractivity contribution < 1.29 is 24.2 Å². The lowest BCUT2D eigenvalue weighted by atomic mass is 9.85. The minimum atomic E-state index is -1.24. The molecule has 1 aromatic carbocycles. The zero-order valence-electron chi connectivity index (χ0n) is 20.7. The van der Waals surface area contributed by atoms with E-state index >= 15 is 0 Å². The summed E-state index contributed by atoms with van der Waals surface area (Å²) in [7, 11) is 3.06. The van der Waals surface area contributed by atoms with Crippen molar-refractivity contribution in [1.82, 2.24) is 9.47 Å². The van der Waals surface area contributed by atoms with E-state index in [0.717, 1.165) is 49.5 Å². The van der Waals surface area contributed by atoms with Crippen LogP contribution in [0.1, 0.15) is 46.2 Å². The van der Waals surface area contributed by atoms with E-state index in [-0.39, 0.29) is 17.5 Å². The van der Waals surface area contributed by atoms with Gasteiger partial charge in [0, 0.05) is 63.7 Å². The van der Waals surface area contributed by atoms with E-state index in [1.54, 1.807) is 13.2 Å². The highest BCUT2D eigenvalue weighted by Crippen LogP contribution is 2.41. The van der Waals surface area contributed by atoms with Gasteiger partial charge in [0.05, 0.1) is 30.7 Å². The first-order valence-corrected chi connectivity index (χ1v) is 12.0. The van der Waals surface area contributed by atoms with Crippen LogP contribution in [-0.4, -0.2) is 80.1 Å². The standard InChI is InChI=1S/C26H33N3O6/c1-16(2)21-11-17-12-22(28-7-5-27(6-8-28)9-10-34-3)19(26(33)35-4)13-18(17)23-14-24(30)20(25(31)32)15-29(21)23/h12-16,21H,5-11H2,1-4H3,(H,31,32). The maximum Gasteiger partial charge on any atom is 0.341 e. The summed E-state index contributed by atoms with van der Waals surface area (Å²) in [6, 6.07) is 5.22. The highest BCUT2D eigenvalue weighted by atomic mass is 16.5. The number of anilines is 1. The molecular formula is C26H33N3O6. The van der Waals surface area contributed by atoms with Gasteiger partial charge in [-0.15, -0.1) is 0 Å². The Balaban J connectivity index is 1.80. The normalized spacial score (nSPS) is 17.7. The zero-order valence-corrected chi connectivity index (χ0v) is 20.7. The Kier molecular flexibility index (Phi) is 7.28. The predicted octanol–water partition coefficient (Wildman–Crippen LogP) is 2.52. The van der Waals surface area contributed by atoms with E-state index in [2.05, 4.69) is 29.7 Å². The van der Waals surface area contributed by atoms with Gasteiger partial charge in [-0.3, -0.25) is 9.69 Å². The lowest BCUT2D eigenvalue weighted by molar-refractivity contribution is 0.0600. The van der Waals surface area contributed by atoms with Gasteiger partial charge in [0.2, 0.25) is 0 Å². The van der Waals surface area contributed by atoms with Gasteiger partial charge >= 0.3 is 11.9 Å². The van der Waals surface area contributed by atoms with Crippen LogP contribution in [0.5, 0.6) is 0 Å². The molecule has 9 heteroatoms. The van der Waals surface area contributed by atoms with Crippen molar-refractivity contribution in [3.05, 3.63) is 51.3 Å². The summed E-state index contributed by atoms with van der Waals surface area (Å²) >= 11 is 0. The summed E-state index contributed by atoms with van der Waals surface area (Å²) in [5, 5.41) is 9.49. The van der Waals surface area contributed by atoms with E-state index in [1.807, 2.05) is 4.57 Å². The molecule has 1 unspecified atom stereocenters. The van der Waals surface area contributed by atoms with Gasteiger partial charge < -0.3 is 24.0 Å². The number of carbonyl (C=O) groups excluding carboxylic acids is 1. The average molecular weight is 484 g/mol. The smallest absolute Gasteiger partial charge is 0.341 e. The van der Waals surface area contributed by atoms with Crippen LogP contribution in [0.2, 0.25) is 0 Å². The third-order valence-electron chi connectivity index (χ3n) is 7.09. The fraction of sp³-hybridized carbons (Fsp3) is 0.500. The molecule has 1 saturated heterocycles. The van der Waals surface area contributed by atoms with Crippen molar-refractivity contribution in [2.45, 2.75) is 26.3 Å². The van der Waals surface area contributed by atoms with Crippen molar-refractivity contribution in [1.29, 1.82) is 0 Å². The van der Waals surface area contributed by atoms with Gasteiger partial charge in [-0.1, -0.05) is 13.8 Å². The van der Waals surface area contributed by atoms with Crippen molar-refractivity contribution in [3.63, 3.8) is 0 Å². The minimum Gasteiger partial charge on any atom is -0.477 e. The maximum atomic E-state index is 12.8. The Labute approximate surface area is 204 Å². The Morgan fingerprint density at radius 1 is 1.09 bits per heavy atom. The molecular weight excluding hydrogens is 450 g/mol. The molecule has 0 saturated carbocycles. The number of benzene rings is 1. The van der Waals surface area contributed by atoms with E-state index in [1.165, 1.54) is 19.4 Å². The maximum absolute atomic E-state index is 12.8. The summed E-state index contributed by atoms with van der Waals surface area (Å²) in [6.45, 7) is 9.01. The lowest BCUT2D eigenvalue weighted by Crippen LogP contribution is -2.47. The predicted molar refractivity (Wildman–Crippen MR) is 133 cm³/mol. The van der Waals surface area contributed by atoms with Crippen LogP contribution >= 0.6 is 0 Å². The Morgan fingerprint density at radius 3 is 2.40 bits per heavy atom. The number of pyridine rings is 1. The number of carboxylic acids is 1. The largest absolute Gasteiger partial charge is 0.477 e. The molecule has 188 valence electrons. The molecule has 1 fully saturated rings. The van der Waals surface area contributed by atoms with Crippen LogP contribution < -0.4 is 10.3 Å². The SMILES string of the molecule is COCCN1CCN(c2cc3c(cc2C(=O)OC)-c2cc(=O)c(C(=O)O)cn2C(C(C)C)C3)CC1. The quantitative estimate of drug-likeness (QED) is 0.600. The van der Waals surface area contributed by atoms with E-state index in [4.69, 9.17) is 9.47 Å². The molecule has 35 heavy (non-hydrogen) atoms. The van der Waals surface area contributed by atoms with Crippen molar-refractivity contribution >= 4 is 17.6 Å². The second kappa shape index (κ2) is 10.2. The van der Waals surface area contributed by atoms with Crippen LogP contribution in [0.4, 0.5) is 5.69 Å². The molecule has 4 rings (SSSR count). The number of nitrogens with zero attached hydrogens (tertiary/aromatic N) is 3. The molecule has 0 spiro atoms. The average Bonchev–Trinajstić information content (AvgIpc) is 2.85. The number of piperazine rings is 1. The summed E-state index contributed by atoms with van der Waals surface area (Å²) in [6.07, 6.45) is 2.11. The second-order valence-corrected chi connectivity index (χ2v) is 9.50. The number of carboxylic acid groups (broad SMARTS) is 1. The third kappa shape index (κ3) is 4.83. The summed E-state index contributed by atoms with van der Waals surface area (Å²) in [5.41, 5.74) is 2.91. The molecule has 1 atom stereocenters. The number of hydrogen-bond acceptors (Lipinski definition) is 7. The molecule has 2 aliphatic heterocycles. The molecule has 9 nitrogen and oxygen atoms in total. The third-order valence-corrected chi connectivity index (χ3v) is 7.09. The Hall–Kier alpha value is -3.17. The molecule has 0 amide bonds. The minimum absolute atomic E-state index is 0.0149. The molecule has 0 radical (unpaired) electrons. The van der Waals surface area contributed by atoms with Crippen LogP contribution in [0, 0.1) is 5.92 Å². The fourth-order valence-corrected chi connectivity index (χ4v) is 5.09. The van der Waals surface area contributed by atoms with E-state index in [0.29, 0.717) is 24.3 Å². The van der Waals surface area contributed by atoms with Crippen molar-refractivity contribution in [2.75, 3.05) is 58.5 Å². The number of hydrogen-bond donors (Lipinski definition) is 1. The van der Waals surface area contributed by atoms with E-state index in [9.17, 15) is 19.5 Å². The second-order valence-electron chi connectivity index (χ2n) is 9.50. The Bertz CT molecular complexity index is 1180. The molecule has 3 heterocycles. The molecule has 2 aromatic rings. The lowest BCUT2D eigenvalue weighted by Gasteiger charge is -2.38. The van der Waals surface area contributed by atoms with Crippen LogP contribution in [0.15, 0.2) is 29.2 Å². The molecule has 1 N–H and O–H groups in total. The highest BCUT2D eigenvalue weighted by molar-refractivity contribution is 5.98. The number of esters is 1. The van der Waals surface area contributed by atoms with Crippen molar-refractivity contribution in [3.8, 4) is 11.3 Å². The molecule has 2 aliphatic rings. The summed E-state index contributed by atoms with van der Waals surface area (Å²) in [5.74, 6) is -1.47. The number of methoxy groups -OCH3 is 2. The first kappa shape index (κ1) is 24.9. The van der Waals surface area contributed by atoms with Crippen LogP contribution in [0.3, 0.4) is 0 Å². The number of aromatic nitrogens is 1. The van der Waals surface area contributed by atoms with E-state index < -0.39 is 17.4 Å². The molecule has 0 aliphatic carbocycles. The first-order valence-electron chi connectivity index (χ1n) is 12.0.